The lowest BCUT2D eigenvalue weighted by Gasteiger charge is -2.32. The summed E-state index contributed by atoms with van der Waals surface area (Å²) in [5, 5.41) is 5.83. The second-order valence-corrected chi connectivity index (χ2v) is 8.04. The molecule has 2 aliphatic heterocycles. The van der Waals surface area contributed by atoms with E-state index in [2.05, 4.69) is 51.6 Å². The van der Waals surface area contributed by atoms with E-state index < -0.39 is 0 Å². The molecular weight excluding hydrogens is 348 g/mol. The van der Waals surface area contributed by atoms with Crippen molar-refractivity contribution in [3.63, 3.8) is 0 Å². The monoisotopic (exact) mass is 378 g/mol. The summed E-state index contributed by atoms with van der Waals surface area (Å²) >= 11 is 0. The van der Waals surface area contributed by atoms with Crippen molar-refractivity contribution < 1.29 is 4.79 Å². The molecule has 0 aromatic heterocycles. The minimum atomic E-state index is -0.214. The van der Waals surface area contributed by atoms with Crippen LogP contribution in [0.4, 0.5) is 27.5 Å². The maximum Gasteiger partial charge on any atom is 0.323 e. The second kappa shape index (κ2) is 8.55. The molecule has 2 aliphatic rings. The van der Waals surface area contributed by atoms with Gasteiger partial charge in [-0.05, 0) is 80.1 Å². The summed E-state index contributed by atoms with van der Waals surface area (Å²) in [7, 11) is 0. The number of piperidine rings is 1. The minimum Gasteiger partial charge on any atom is -0.372 e. The summed E-state index contributed by atoms with van der Waals surface area (Å²) in [5.41, 5.74) is 4.07. The van der Waals surface area contributed by atoms with Crippen LogP contribution in [0.15, 0.2) is 48.5 Å². The zero-order chi connectivity index (χ0) is 19.3. The van der Waals surface area contributed by atoms with E-state index in [1.165, 1.54) is 37.1 Å². The van der Waals surface area contributed by atoms with Gasteiger partial charge >= 0.3 is 6.03 Å². The van der Waals surface area contributed by atoms with Gasteiger partial charge in [-0.2, -0.15) is 0 Å². The van der Waals surface area contributed by atoms with Crippen LogP contribution in [0, 0.1) is 5.92 Å². The molecular formula is C23H30N4O. The van der Waals surface area contributed by atoms with Crippen molar-refractivity contribution in [1.29, 1.82) is 0 Å². The summed E-state index contributed by atoms with van der Waals surface area (Å²) < 4.78 is 0. The number of hydrogen-bond donors (Lipinski definition) is 2. The molecule has 2 amide bonds. The van der Waals surface area contributed by atoms with E-state index in [4.69, 9.17) is 0 Å². The van der Waals surface area contributed by atoms with Crippen LogP contribution in [0.5, 0.6) is 0 Å². The Hall–Kier alpha value is -2.69. The van der Waals surface area contributed by atoms with Gasteiger partial charge in [-0.3, -0.25) is 0 Å². The van der Waals surface area contributed by atoms with Crippen LogP contribution in [0.3, 0.4) is 0 Å². The molecule has 0 spiro atoms. The number of urea groups is 1. The standard InChI is InChI=1S/C23H30N4O/c1-18-12-16-27(17-13-18)22-10-6-20(7-11-22)25-23(28)24-19-4-8-21(9-5-19)26-14-2-3-15-26/h4-11,18H,2-3,12-17H2,1H3,(H2,24,25,28). The fraction of sp³-hybridized carbons (Fsp3) is 0.435. The number of benzene rings is 2. The molecule has 0 atom stereocenters. The lowest BCUT2D eigenvalue weighted by Crippen LogP contribution is -2.32. The number of anilines is 4. The summed E-state index contributed by atoms with van der Waals surface area (Å²) in [6.07, 6.45) is 5.02. The first-order valence-corrected chi connectivity index (χ1v) is 10.5. The van der Waals surface area contributed by atoms with Crippen molar-refractivity contribution in [2.45, 2.75) is 32.6 Å². The highest BCUT2D eigenvalue weighted by molar-refractivity contribution is 5.99. The average molecular weight is 379 g/mol. The van der Waals surface area contributed by atoms with Gasteiger partial charge in [0.2, 0.25) is 0 Å². The highest BCUT2D eigenvalue weighted by Gasteiger charge is 2.16. The number of carbonyl (C=O) groups is 1. The second-order valence-electron chi connectivity index (χ2n) is 8.04. The molecule has 0 radical (unpaired) electrons. The van der Waals surface area contributed by atoms with Crippen LogP contribution >= 0.6 is 0 Å². The Labute approximate surface area is 167 Å². The van der Waals surface area contributed by atoms with E-state index >= 15 is 0 Å². The maximum atomic E-state index is 12.3. The lowest BCUT2D eigenvalue weighted by atomic mass is 9.99. The number of carbonyl (C=O) groups excluding carboxylic acids is 1. The summed E-state index contributed by atoms with van der Waals surface area (Å²) in [4.78, 5) is 17.1. The number of rotatable bonds is 4. The van der Waals surface area contributed by atoms with Gasteiger partial charge in [-0.15, -0.1) is 0 Å². The van der Waals surface area contributed by atoms with Crippen molar-refractivity contribution in [1.82, 2.24) is 0 Å². The third-order valence-corrected chi connectivity index (χ3v) is 5.87. The Morgan fingerprint density at radius 2 is 1.18 bits per heavy atom. The summed E-state index contributed by atoms with van der Waals surface area (Å²) in [6, 6.07) is 16.0. The number of amides is 2. The fourth-order valence-electron chi connectivity index (χ4n) is 4.05. The highest BCUT2D eigenvalue weighted by atomic mass is 16.2. The van der Waals surface area contributed by atoms with Crippen LogP contribution in [0.1, 0.15) is 32.6 Å². The lowest BCUT2D eigenvalue weighted by molar-refractivity contribution is 0.262. The topological polar surface area (TPSA) is 47.6 Å². The van der Waals surface area contributed by atoms with E-state index in [1.54, 1.807) is 0 Å². The molecule has 2 saturated heterocycles. The first kappa shape index (κ1) is 18.7. The van der Waals surface area contributed by atoms with Gasteiger partial charge in [-0.1, -0.05) is 6.92 Å². The van der Waals surface area contributed by atoms with E-state index in [0.29, 0.717) is 0 Å². The van der Waals surface area contributed by atoms with Gasteiger partial charge in [0, 0.05) is 48.9 Å². The van der Waals surface area contributed by atoms with Gasteiger partial charge in [0.25, 0.3) is 0 Å². The molecule has 0 bridgehead atoms. The van der Waals surface area contributed by atoms with E-state index in [9.17, 15) is 4.79 Å². The summed E-state index contributed by atoms with van der Waals surface area (Å²) in [6.45, 7) is 6.80. The number of nitrogens with one attached hydrogen (secondary N) is 2. The molecule has 2 aromatic carbocycles. The minimum absolute atomic E-state index is 0.214. The Morgan fingerprint density at radius 3 is 1.64 bits per heavy atom. The average Bonchev–Trinajstić information content (AvgIpc) is 3.25. The number of nitrogens with zero attached hydrogens (tertiary/aromatic N) is 2. The Bertz CT molecular complexity index is 773. The van der Waals surface area contributed by atoms with Crippen LogP contribution in [-0.2, 0) is 0 Å². The van der Waals surface area contributed by atoms with Crippen molar-refractivity contribution in [3.05, 3.63) is 48.5 Å². The van der Waals surface area contributed by atoms with Crippen molar-refractivity contribution in [2.24, 2.45) is 5.92 Å². The SMILES string of the molecule is CC1CCN(c2ccc(NC(=O)Nc3ccc(N4CCCC4)cc3)cc2)CC1. The molecule has 5 heteroatoms. The molecule has 148 valence electrons. The third kappa shape index (κ3) is 4.58. The predicted molar refractivity (Wildman–Crippen MR) is 118 cm³/mol. The van der Waals surface area contributed by atoms with Crippen LogP contribution in [-0.4, -0.2) is 32.2 Å². The molecule has 28 heavy (non-hydrogen) atoms. The first-order valence-electron chi connectivity index (χ1n) is 10.5. The quantitative estimate of drug-likeness (QED) is 0.772. The number of hydrogen-bond acceptors (Lipinski definition) is 3. The Morgan fingerprint density at radius 1 is 0.750 bits per heavy atom. The molecule has 2 heterocycles. The Kier molecular flexibility index (Phi) is 5.70. The van der Waals surface area contributed by atoms with Crippen LogP contribution in [0.2, 0.25) is 0 Å². The molecule has 0 aliphatic carbocycles. The zero-order valence-electron chi connectivity index (χ0n) is 16.7. The first-order chi connectivity index (χ1) is 13.7. The molecule has 2 N–H and O–H groups in total. The normalized spacial score (nSPS) is 17.6. The smallest absolute Gasteiger partial charge is 0.323 e. The zero-order valence-corrected chi connectivity index (χ0v) is 16.7. The van der Waals surface area contributed by atoms with Crippen molar-refractivity contribution >= 4 is 28.8 Å². The molecule has 4 rings (SSSR count). The highest BCUT2D eigenvalue weighted by Crippen LogP contribution is 2.25. The van der Waals surface area contributed by atoms with E-state index in [0.717, 1.165) is 43.5 Å². The van der Waals surface area contributed by atoms with Crippen molar-refractivity contribution in [2.75, 3.05) is 46.6 Å². The van der Waals surface area contributed by atoms with Gasteiger partial charge in [0.15, 0.2) is 0 Å². The maximum absolute atomic E-state index is 12.3. The fourth-order valence-corrected chi connectivity index (χ4v) is 4.05. The predicted octanol–water partition coefficient (Wildman–Crippen LogP) is 5.17. The molecule has 2 aromatic rings. The Balaban J connectivity index is 1.29. The van der Waals surface area contributed by atoms with Crippen molar-refractivity contribution in [3.8, 4) is 0 Å². The summed E-state index contributed by atoms with van der Waals surface area (Å²) in [5.74, 6) is 0.824. The van der Waals surface area contributed by atoms with Gasteiger partial charge in [0.05, 0.1) is 0 Å². The van der Waals surface area contributed by atoms with E-state index in [-0.39, 0.29) is 6.03 Å². The third-order valence-electron chi connectivity index (χ3n) is 5.87. The van der Waals surface area contributed by atoms with Gasteiger partial charge in [0.1, 0.15) is 0 Å². The molecule has 5 nitrogen and oxygen atoms in total. The van der Waals surface area contributed by atoms with Crippen LogP contribution < -0.4 is 20.4 Å². The van der Waals surface area contributed by atoms with Gasteiger partial charge < -0.3 is 20.4 Å². The van der Waals surface area contributed by atoms with Crippen LogP contribution in [0.25, 0.3) is 0 Å². The largest absolute Gasteiger partial charge is 0.372 e. The molecule has 0 unspecified atom stereocenters. The molecule has 2 fully saturated rings. The van der Waals surface area contributed by atoms with E-state index in [1.807, 2.05) is 24.3 Å². The van der Waals surface area contributed by atoms with Gasteiger partial charge in [-0.25, -0.2) is 4.79 Å². The molecule has 0 saturated carbocycles.